The first-order chi connectivity index (χ1) is 16.1. The van der Waals surface area contributed by atoms with Crippen molar-refractivity contribution >= 4 is 17.5 Å². The van der Waals surface area contributed by atoms with E-state index in [0.717, 1.165) is 12.0 Å². The van der Waals surface area contributed by atoms with Crippen molar-refractivity contribution in [2.45, 2.75) is 25.5 Å². The van der Waals surface area contributed by atoms with Gasteiger partial charge in [0.15, 0.2) is 0 Å². The van der Waals surface area contributed by atoms with Crippen molar-refractivity contribution in [3.05, 3.63) is 78.0 Å². The average Bonchev–Trinajstić information content (AvgIpc) is 3.39. The Balaban J connectivity index is 1.30. The Morgan fingerprint density at radius 1 is 1.09 bits per heavy atom. The van der Waals surface area contributed by atoms with Gasteiger partial charge in [-0.3, -0.25) is 9.59 Å². The molecule has 3 aromatic rings. The Morgan fingerprint density at radius 3 is 2.70 bits per heavy atom. The van der Waals surface area contributed by atoms with Crippen molar-refractivity contribution < 1.29 is 23.8 Å². The van der Waals surface area contributed by atoms with E-state index < -0.39 is 6.10 Å². The molecule has 0 spiro atoms. The van der Waals surface area contributed by atoms with Crippen LogP contribution in [0.5, 0.6) is 17.4 Å². The summed E-state index contributed by atoms with van der Waals surface area (Å²) in [5, 5.41) is 5.67. The van der Waals surface area contributed by atoms with Crippen molar-refractivity contribution in [3.8, 4) is 17.4 Å². The van der Waals surface area contributed by atoms with Crippen molar-refractivity contribution in [1.82, 2.24) is 10.3 Å². The van der Waals surface area contributed by atoms with E-state index in [2.05, 4.69) is 15.6 Å². The average molecular weight is 447 g/mol. The number of anilines is 1. The fourth-order valence-electron chi connectivity index (χ4n) is 3.39. The first-order valence-electron chi connectivity index (χ1n) is 10.7. The number of nitrogens with one attached hydrogen (secondary N) is 2. The van der Waals surface area contributed by atoms with E-state index in [-0.39, 0.29) is 11.8 Å². The monoisotopic (exact) mass is 447 g/mol. The number of amides is 2. The zero-order chi connectivity index (χ0) is 23.0. The number of methoxy groups -OCH3 is 1. The van der Waals surface area contributed by atoms with Gasteiger partial charge in [0.1, 0.15) is 17.6 Å². The molecule has 2 aromatic carbocycles. The highest BCUT2D eigenvalue weighted by atomic mass is 16.5. The Kier molecular flexibility index (Phi) is 7.16. The van der Waals surface area contributed by atoms with Crippen LogP contribution in [-0.2, 0) is 16.1 Å². The van der Waals surface area contributed by atoms with Gasteiger partial charge in [-0.05, 0) is 48.7 Å². The van der Waals surface area contributed by atoms with Crippen molar-refractivity contribution in [1.29, 1.82) is 0 Å². The zero-order valence-electron chi connectivity index (χ0n) is 18.2. The molecule has 2 heterocycles. The van der Waals surface area contributed by atoms with Crippen LogP contribution in [0.15, 0.2) is 66.9 Å². The smallest absolute Gasteiger partial charge is 0.253 e. The summed E-state index contributed by atoms with van der Waals surface area (Å²) in [7, 11) is 1.60. The predicted molar refractivity (Wildman–Crippen MR) is 123 cm³/mol. The highest BCUT2D eigenvalue weighted by Gasteiger charge is 2.23. The summed E-state index contributed by atoms with van der Waals surface area (Å²) in [6, 6.07) is 17.6. The summed E-state index contributed by atoms with van der Waals surface area (Å²) in [4.78, 5) is 29.1. The second-order valence-electron chi connectivity index (χ2n) is 7.54. The molecule has 0 radical (unpaired) electrons. The summed E-state index contributed by atoms with van der Waals surface area (Å²) in [5.41, 5.74) is 1.83. The summed E-state index contributed by atoms with van der Waals surface area (Å²) in [6.45, 7) is 0.904. The van der Waals surface area contributed by atoms with Crippen molar-refractivity contribution in [2.24, 2.45) is 0 Å². The molecule has 0 saturated carbocycles. The van der Waals surface area contributed by atoms with Crippen LogP contribution in [0, 0.1) is 0 Å². The van der Waals surface area contributed by atoms with Gasteiger partial charge in [-0.15, -0.1) is 0 Å². The number of hydrogen-bond acceptors (Lipinski definition) is 6. The molecule has 0 aliphatic carbocycles. The normalized spacial score (nSPS) is 15.0. The fraction of sp³-hybridized carbons (Fsp3) is 0.240. The number of aromatic nitrogens is 1. The minimum Gasteiger partial charge on any atom is -0.497 e. The largest absolute Gasteiger partial charge is 0.497 e. The third-order valence-electron chi connectivity index (χ3n) is 5.13. The Labute approximate surface area is 191 Å². The van der Waals surface area contributed by atoms with Gasteiger partial charge in [0, 0.05) is 42.7 Å². The lowest BCUT2D eigenvalue weighted by molar-refractivity contribution is -0.124. The van der Waals surface area contributed by atoms with Gasteiger partial charge >= 0.3 is 0 Å². The summed E-state index contributed by atoms with van der Waals surface area (Å²) >= 11 is 0. The number of hydrogen-bond donors (Lipinski definition) is 2. The molecular formula is C25H25N3O5. The van der Waals surface area contributed by atoms with Gasteiger partial charge in [-0.25, -0.2) is 4.98 Å². The second kappa shape index (κ2) is 10.6. The van der Waals surface area contributed by atoms with Gasteiger partial charge in [0.2, 0.25) is 5.88 Å². The lowest BCUT2D eigenvalue weighted by Crippen LogP contribution is -2.27. The summed E-state index contributed by atoms with van der Waals surface area (Å²) < 4.78 is 16.3. The van der Waals surface area contributed by atoms with Gasteiger partial charge in [-0.2, -0.15) is 0 Å². The highest BCUT2D eigenvalue weighted by Crippen LogP contribution is 2.24. The maximum absolute atomic E-state index is 12.6. The van der Waals surface area contributed by atoms with Crippen molar-refractivity contribution in [2.75, 3.05) is 19.0 Å². The molecule has 8 heteroatoms. The number of nitrogens with zero attached hydrogens (tertiary/aromatic N) is 1. The lowest BCUT2D eigenvalue weighted by Gasteiger charge is -2.11. The molecular weight excluding hydrogens is 422 g/mol. The minimum atomic E-state index is -0.425. The molecule has 1 aliphatic rings. The van der Waals surface area contributed by atoms with E-state index in [0.29, 0.717) is 48.2 Å². The molecule has 2 amide bonds. The van der Waals surface area contributed by atoms with E-state index >= 15 is 0 Å². The number of ether oxygens (including phenoxy) is 3. The third-order valence-corrected chi connectivity index (χ3v) is 5.13. The van der Waals surface area contributed by atoms with Crippen LogP contribution in [0.25, 0.3) is 0 Å². The number of rotatable bonds is 8. The molecule has 1 aromatic heterocycles. The van der Waals surface area contributed by atoms with E-state index in [1.807, 2.05) is 24.3 Å². The maximum atomic E-state index is 12.6. The standard InChI is InChI=1S/C25H25N3O5/c1-31-20-7-3-8-21(14-20)33-23-11-10-17(15-26-23)16-27-24(29)18-5-2-6-19(13-18)28-25(30)22-9-4-12-32-22/h2-3,5-8,10-11,13-15,22H,4,9,12,16H2,1H3,(H,27,29)(H,28,30). The van der Waals surface area contributed by atoms with Crippen molar-refractivity contribution in [3.63, 3.8) is 0 Å². The van der Waals surface area contributed by atoms with Crippen LogP contribution in [0.4, 0.5) is 5.69 Å². The Hall–Kier alpha value is -3.91. The topological polar surface area (TPSA) is 98.8 Å². The predicted octanol–water partition coefficient (Wildman–Crippen LogP) is 3.93. The van der Waals surface area contributed by atoms with Crippen LogP contribution in [0.2, 0.25) is 0 Å². The van der Waals surface area contributed by atoms with E-state index in [9.17, 15) is 9.59 Å². The molecule has 1 aliphatic heterocycles. The lowest BCUT2D eigenvalue weighted by atomic mass is 10.1. The van der Waals surface area contributed by atoms with Gasteiger partial charge in [0.25, 0.3) is 11.8 Å². The quantitative estimate of drug-likeness (QED) is 0.543. The summed E-state index contributed by atoms with van der Waals surface area (Å²) in [5.74, 6) is 1.32. The maximum Gasteiger partial charge on any atom is 0.253 e. The molecule has 1 fully saturated rings. The molecule has 2 N–H and O–H groups in total. The van der Waals surface area contributed by atoms with E-state index in [1.54, 1.807) is 49.7 Å². The first kappa shape index (κ1) is 22.3. The Morgan fingerprint density at radius 2 is 1.94 bits per heavy atom. The van der Waals surface area contributed by atoms with Gasteiger partial charge in [-0.1, -0.05) is 18.2 Å². The zero-order valence-corrected chi connectivity index (χ0v) is 18.2. The molecule has 1 unspecified atom stereocenters. The molecule has 1 saturated heterocycles. The molecule has 0 bridgehead atoms. The number of carbonyl (C=O) groups is 2. The van der Waals surface area contributed by atoms with Crippen LogP contribution in [-0.4, -0.2) is 36.6 Å². The fourth-order valence-corrected chi connectivity index (χ4v) is 3.39. The minimum absolute atomic E-state index is 0.188. The van der Waals surface area contributed by atoms with Gasteiger partial charge in [0.05, 0.1) is 7.11 Å². The molecule has 170 valence electrons. The molecule has 1 atom stereocenters. The number of pyridine rings is 1. The third kappa shape index (κ3) is 6.08. The van der Waals surface area contributed by atoms with Crippen LogP contribution in [0.3, 0.4) is 0 Å². The summed E-state index contributed by atoms with van der Waals surface area (Å²) in [6.07, 6.45) is 2.81. The Bertz CT molecular complexity index is 1110. The highest BCUT2D eigenvalue weighted by molar-refractivity contribution is 5.98. The van der Waals surface area contributed by atoms with Crippen LogP contribution < -0.4 is 20.1 Å². The number of benzene rings is 2. The van der Waals surface area contributed by atoms with E-state index in [1.165, 1.54) is 0 Å². The SMILES string of the molecule is COc1cccc(Oc2ccc(CNC(=O)c3cccc(NC(=O)C4CCCO4)c3)cn2)c1. The van der Waals surface area contributed by atoms with Crippen LogP contribution >= 0.6 is 0 Å². The second-order valence-corrected chi connectivity index (χ2v) is 7.54. The first-order valence-corrected chi connectivity index (χ1v) is 10.7. The van der Waals surface area contributed by atoms with Gasteiger partial charge < -0.3 is 24.8 Å². The molecule has 33 heavy (non-hydrogen) atoms. The molecule has 4 rings (SSSR count). The number of carbonyl (C=O) groups excluding carboxylic acids is 2. The van der Waals surface area contributed by atoms with E-state index in [4.69, 9.17) is 14.2 Å². The van der Waals surface area contributed by atoms with Crippen LogP contribution in [0.1, 0.15) is 28.8 Å². The molecule has 8 nitrogen and oxygen atoms in total.